The van der Waals surface area contributed by atoms with Gasteiger partial charge in [0.15, 0.2) is 0 Å². The largest absolute Gasteiger partial charge is 0.370 e. The van der Waals surface area contributed by atoms with Gasteiger partial charge in [0.05, 0.1) is 0 Å². The van der Waals surface area contributed by atoms with E-state index >= 15 is 0 Å². The topological polar surface area (TPSA) is 84.2 Å². The summed E-state index contributed by atoms with van der Waals surface area (Å²) in [6, 6.07) is 0.462. The van der Waals surface area contributed by atoms with E-state index in [4.69, 9.17) is 5.73 Å². The zero-order valence-electron chi connectivity index (χ0n) is 11.4. The molecule has 0 aliphatic carbocycles. The lowest BCUT2D eigenvalue weighted by Crippen LogP contribution is -2.46. The monoisotopic (exact) mass is 255 g/mol. The van der Waals surface area contributed by atoms with Gasteiger partial charge < -0.3 is 16.4 Å². The zero-order valence-corrected chi connectivity index (χ0v) is 11.4. The van der Waals surface area contributed by atoms with Crippen LogP contribution < -0.4 is 16.4 Å². The Bertz CT molecular complexity index is 297. The molecule has 1 fully saturated rings. The van der Waals surface area contributed by atoms with Crippen molar-refractivity contribution >= 4 is 11.8 Å². The van der Waals surface area contributed by atoms with E-state index in [-0.39, 0.29) is 12.3 Å². The maximum Gasteiger partial charge on any atom is 0.220 e. The van der Waals surface area contributed by atoms with Crippen LogP contribution in [0.5, 0.6) is 0 Å². The molecule has 0 spiro atoms. The molecule has 0 radical (unpaired) electrons. The van der Waals surface area contributed by atoms with Gasteiger partial charge in [-0.25, -0.2) is 0 Å². The van der Waals surface area contributed by atoms with Crippen LogP contribution in [-0.2, 0) is 9.59 Å². The predicted octanol–water partition coefficient (Wildman–Crippen LogP) is 0.679. The number of hydrogen-bond donors (Lipinski definition) is 3. The van der Waals surface area contributed by atoms with Crippen LogP contribution in [0, 0.1) is 0 Å². The van der Waals surface area contributed by atoms with E-state index in [0.29, 0.717) is 12.5 Å². The Kier molecular flexibility index (Phi) is 5.59. The van der Waals surface area contributed by atoms with Crippen LogP contribution in [0.3, 0.4) is 0 Å². The molecule has 0 saturated carbocycles. The van der Waals surface area contributed by atoms with E-state index in [1.54, 1.807) is 0 Å². The Hall–Kier alpha value is -1.10. The van der Waals surface area contributed by atoms with Crippen molar-refractivity contribution in [3.63, 3.8) is 0 Å². The van der Waals surface area contributed by atoms with Crippen LogP contribution in [-0.4, -0.2) is 29.9 Å². The van der Waals surface area contributed by atoms with Crippen molar-refractivity contribution in [2.24, 2.45) is 5.73 Å². The minimum absolute atomic E-state index is 0.00590. The lowest BCUT2D eigenvalue weighted by Gasteiger charge is -2.26. The average molecular weight is 255 g/mol. The second kappa shape index (κ2) is 6.73. The minimum Gasteiger partial charge on any atom is -0.370 e. The SMILES string of the molecule is CC(C)(CC(N)=O)NC(=O)CCC1CCCCN1. The number of nitrogens with two attached hydrogens (primary N) is 1. The van der Waals surface area contributed by atoms with Crippen LogP contribution in [0.4, 0.5) is 0 Å². The van der Waals surface area contributed by atoms with Gasteiger partial charge in [-0.3, -0.25) is 9.59 Å². The molecule has 0 bridgehead atoms. The van der Waals surface area contributed by atoms with Crippen molar-refractivity contribution in [1.82, 2.24) is 10.6 Å². The van der Waals surface area contributed by atoms with E-state index < -0.39 is 11.4 Å². The van der Waals surface area contributed by atoms with Crippen molar-refractivity contribution in [2.75, 3.05) is 6.54 Å². The second-order valence-electron chi connectivity index (χ2n) is 5.76. The number of piperidine rings is 1. The number of hydrogen-bond acceptors (Lipinski definition) is 3. The first-order valence-electron chi connectivity index (χ1n) is 6.72. The van der Waals surface area contributed by atoms with Crippen LogP contribution in [0.2, 0.25) is 0 Å². The molecule has 104 valence electrons. The molecule has 1 saturated heterocycles. The lowest BCUT2D eigenvalue weighted by molar-refractivity contribution is -0.124. The first-order valence-corrected chi connectivity index (χ1v) is 6.72. The third kappa shape index (κ3) is 6.00. The molecular formula is C13H25N3O2. The molecule has 1 unspecified atom stereocenters. The Morgan fingerprint density at radius 1 is 1.39 bits per heavy atom. The first kappa shape index (κ1) is 15.0. The first-order chi connectivity index (χ1) is 8.39. The van der Waals surface area contributed by atoms with Crippen molar-refractivity contribution in [1.29, 1.82) is 0 Å². The molecule has 5 heteroatoms. The molecule has 4 N–H and O–H groups in total. The Balaban J connectivity index is 2.25. The maximum atomic E-state index is 11.8. The Morgan fingerprint density at radius 2 is 2.11 bits per heavy atom. The van der Waals surface area contributed by atoms with Crippen LogP contribution in [0.25, 0.3) is 0 Å². The average Bonchev–Trinajstić information content (AvgIpc) is 2.25. The summed E-state index contributed by atoms with van der Waals surface area (Å²) in [6.45, 7) is 4.68. The molecule has 1 rings (SSSR count). The number of rotatable bonds is 6. The van der Waals surface area contributed by atoms with Crippen molar-refractivity contribution in [3.05, 3.63) is 0 Å². The maximum absolute atomic E-state index is 11.8. The Labute approximate surface area is 109 Å². The van der Waals surface area contributed by atoms with Gasteiger partial charge in [-0.1, -0.05) is 6.42 Å². The van der Waals surface area contributed by atoms with Crippen molar-refractivity contribution in [2.45, 2.75) is 64.0 Å². The van der Waals surface area contributed by atoms with Gasteiger partial charge in [-0.05, 0) is 39.7 Å². The number of amides is 2. The fourth-order valence-electron chi connectivity index (χ4n) is 2.40. The Morgan fingerprint density at radius 3 is 2.67 bits per heavy atom. The smallest absolute Gasteiger partial charge is 0.220 e. The number of carbonyl (C=O) groups excluding carboxylic acids is 2. The number of carbonyl (C=O) groups is 2. The lowest BCUT2D eigenvalue weighted by atomic mass is 9.98. The highest BCUT2D eigenvalue weighted by Gasteiger charge is 2.23. The quantitative estimate of drug-likeness (QED) is 0.652. The normalized spacial score (nSPS) is 20.4. The molecule has 0 aromatic heterocycles. The fraction of sp³-hybridized carbons (Fsp3) is 0.846. The molecule has 5 nitrogen and oxygen atoms in total. The van der Waals surface area contributed by atoms with Crippen molar-refractivity contribution in [3.8, 4) is 0 Å². The zero-order chi connectivity index (χ0) is 13.6. The van der Waals surface area contributed by atoms with Gasteiger partial charge in [0.25, 0.3) is 0 Å². The molecule has 2 amide bonds. The van der Waals surface area contributed by atoms with E-state index in [9.17, 15) is 9.59 Å². The summed E-state index contributed by atoms with van der Waals surface area (Å²) in [7, 11) is 0. The summed E-state index contributed by atoms with van der Waals surface area (Å²) >= 11 is 0. The summed E-state index contributed by atoms with van der Waals surface area (Å²) in [5, 5.41) is 6.28. The highest BCUT2D eigenvalue weighted by atomic mass is 16.2. The van der Waals surface area contributed by atoms with Gasteiger partial charge in [-0.15, -0.1) is 0 Å². The van der Waals surface area contributed by atoms with Crippen molar-refractivity contribution < 1.29 is 9.59 Å². The van der Waals surface area contributed by atoms with Crippen LogP contribution >= 0.6 is 0 Å². The molecule has 1 aliphatic rings. The summed E-state index contributed by atoms with van der Waals surface area (Å²) < 4.78 is 0. The van der Waals surface area contributed by atoms with Gasteiger partial charge >= 0.3 is 0 Å². The highest BCUT2D eigenvalue weighted by Crippen LogP contribution is 2.13. The van der Waals surface area contributed by atoms with E-state index in [1.165, 1.54) is 12.8 Å². The minimum atomic E-state index is -0.553. The summed E-state index contributed by atoms with van der Waals surface area (Å²) in [6.07, 6.45) is 5.15. The third-order valence-electron chi connectivity index (χ3n) is 3.23. The van der Waals surface area contributed by atoms with Crippen LogP contribution in [0.15, 0.2) is 0 Å². The summed E-state index contributed by atoms with van der Waals surface area (Å²) in [5.41, 5.74) is 4.59. The number of primary amides is 1. The van der Waals surface area contributed by atoms with Gasteiger partial charge in [0.2, 0.25) is 11.8 Å². The summed E-state index contributed by atoms with van der Waals surface area (Å²) in [4.78, 5) is 22.7. The van der Waals surface area contributed by atoms with E-state index in [1.807, 2.05) is 13.8 Å². The molecule has 0 aromatic rings. The van der Waals surface area contributed by atoms with Gasteiger partial charge in [0.1, 0.15) is 0 Å². The van der Waals surface area contributed by atoms with Crippen LogP contribution in [0.1, 0.15) is 52.4 Å². The molecule has 0 aromatic carbocycles. The number of nitrogens with one attached hydrogen (secondary N) is 2. The standard InChI is InChI=1S/C13H25N3O2/c1-13(2,9-11(14)17)16-12(18)7-6-10-5-3-4-8-15-10/h10,15H,3-9H2,1-2H3,(H2,14,17)(H,16,18). The molecule has 18 heavy (non-hydrogen) atoms. The second-order valence-corrected chi connectivity index (χ2v) is 5.76. The third-order valence-corrected chi connectivity index (χ3v) is 3.23. The highest BCUT2D eigenvalue weighted by molar-refractivity contribution is 5.79. The van der Waals surface area contributed by atoms with Gasteiger partial charge in [0, 0.05) is 24.4 Å². The van der Waals surface area contributed by atoms with E-state index in [2.05, 4.69) is 10.6 Å². The molecule has 1 aliphatic heterocycles. The summed E-state index contributed by atoms with van der Waals surface area (Å²) in [5.74, 6) is -0.400. The molecule has 1 heterocycles. The molecular weight excluding hydrogens is 230 g/mol. The predicted molar refractivity (Wildman–Crippen MR) is 70.9 cm³/mol. The van der Waals surface area contributed by atoms with E-state index in [0.717, 1.165) is 19.4 Å². The fourth-order valence-corrected chi connectivity index (χ4v) is 2.40. The van der Waals surface area contributed by atoms with Gasteiger partial charge in [-0.2, -0.15) is 0 Å². The molecule has 1 atom stereocenters.